The Labute approximate surface area is 81.4 Å². The molecule has 0 aromatic carbocycles. The fourth-order valence-corrected chi connectivity index (χ4v) is 1.37. The second kappa shape index (κ2) is 4.64. The van der Waals surface area contributed by atoms with Crippen LogP contribution in [-0.4, -0.2) is 20.6 Å². The van der Waals surface area contributed by atoms with Crippen LogP contribution in [0.2, 0.25) is 0 Å². The Morgan fingerprint density at radius 2 is 2.43 bits per heavy atom. The minimum absolute atomic E-state index is 0.242. The number of carboxylic acids is 1. The summed E-state index contributed by atoms with van der Waals surface area (Å²) in [6, 6.07) is 0. The van der Waals surface area contributed by atoms with Crippen LogP contribution in [0.5, 0.6) is 0 Å². The van der Waals surface area contributed by atoms with Crippen LogP contribution in [0.4, 0.5) is 0 Å². The van der Waals surface area contributed by atoms with E-state index < -0.39 is 11.9 Å². The maximum atomic E-state index is 11.1. The zero-order chi connectivity index (χ0) is 10.6. The molecule has 1 heterocycles. The Balaban J connectivity index is 2.69. The molecule has 5 heteroatoms. The van der Waals surface area contributed by atoms with Crippen LogP contribution < -0.4 is 5.69 Å². The molecule has 14 heavy (non-hydrogen) atoms. The summed E-state index contributed by atoms with van der Waals surface area (Å²) in [5.41, 5.74) is -0.257. The van der Waals surface area contributed by atoms with Gasteiger partial charge in [-0.1, -0.05) is 13.3 Å². The van der Waals surface area contributed by atoms with Crippen molar-refractivity contribution in [3.63, 3.8) is 0 Å². The van der Waals surface area contributed by atoms with E-state index in [9.17, 15) is 9.59 Å². The van der Waals surface area contributed by atoms with Gasteiger partial charge in [0.25, 0.3) is 0 Å². The van der Waals surface area contributed by atoms with Crippen molar-refractivity contribution in [3.8, 4) is 0 Å². The highest BCUT2D eigenvalue weighted by molar-refractivity contribution is 5.69. The number of rotatable bonds is 5. The average molecular weight is 198 g/mol. The van der Waals surface area contributed by atoms with Crippen LogP contribution in [0.1, 0.15) is 19.8 Å². The van der Waals surface area contributed by atoms with Crippen molar-refractivity contribution in [1.82, 2.24) is 9.55 Å². The maximum Gasteiger partial charge on any atom is 0.325 e. The first-order valence-electron chi connectivity index (χ1n) is 4.61. The van der Waals surface area contributed by atoms with Gasteiger partial charge in [-0.2, -0.15) is 0 Å². The molecule has 0 spiro atoms. The van der Waals surface area contributed by atoms with Gasteiger partial charge in [0.1, 0.15) is 0 Å². The third-order valence-corrected chi connectivity index (χ3v) is 2.13. The van der Waals surface area contributed by atoms with Crippen LogP contribution in [0, 0.1) is 5.92 Å². The van der Waals surface area contributed by atoms with E-state index in [1.807, 2.05) is 6.92 Å². The number of nitrogens with zero attached hydrogens (tertiary/aromatic N) is 1. The third kappa shape index (κ3) is 2.48. The molecule has 2 N–H and O–H groups in total. The molecule has 0 saturated carbocycles. The molecule has 0 saturated heterocycles. The lowest BCUT2D eigenvalue weighted by molar-refractivity contribution is -0.142. The zero-order valence-electron chi connectivity index (χ0n) is 8.06. The van der Waals surface area contributed by atoms with Crippen LogP contribution >= 0.6 is 0 Å². The average Bonchev–Trinajstić information content (AvgIpc) is 2.51. The molecule has 5 nitrogen and oxygen atoms in total. The molecule has 1 atom stereocenters. The van der Waals surface area contributed by atoms with Gasteiger partial charge in [0.2, 0.25) is 0 Å². The summed E-state index contributed by atoms with van der Waals surface area (Å²) in [5, 5.41) is 8.87. The molecule has 1 aromatic rings. The quantitative estimate of drug-likeness (QED) is 0.730. The minimum atomic E-state index is -0.847. The summed E-state index contributed by atoms with van der Waals surface area (Å²) in [4.78, 5) is 24.4. The highest BCUT2D eigenvalue weighted by atomic mass is 16.4. The monoisotopic (exact) mass is 198 g/mol. The number of hydrogen-bond acceptors (Lipinski definition) is 2. The molecule has 1 rings (SSSR count). The fourth-order valence-electron chi connectivity index (χ4n) is 1.37. The standard InChI is InChI=1S/C9H14N2O3/c1-2-3-7(8(12)13)6-11-5-4-10-9(11)14/h4-5,7H,2-3,6H2,1H3,(H,10,14)(H,12,13). The number of aromatic amines is 1. The summed E-state index contributed by atoms with van der Waals surface area (Å²) in [6.45, 7) is 2.17. The van der Waals surface area contributed by atoms with Crippen molar-refractivity contribution >= 4 is 5.97 Å². The fraction of sp³-hybridized carbons (Fsp3) is 0.556. The van der Waals surface area contributed by atoms with E-state index in [2.05, 4.69) is 4.98 Å². The van der Waals surface area contributed by atoms with E-state index in [0.717, 1.165) is 6.42 Å². The molecule has 0 radical (unpaired) electrons. The van der Waals surface area contributed by atoms with E-state index in [1.54, 1.807) is 6.20 Å². The minimum Gasteiger partial charge on any atom is -0.481 e. The molecule has 78 valence electrons. The van der Waals surface area contributed by atoms with Crippen molar-refractivity contribution in [3.05, 3.63) is 22.9 Å². The van der Waals surface area contributed by atoms with Crippen LogP contribution in [0.25, 0.3) is 0 Å². The van der Waals surface area contributed by atoms with Crippen LogP contribution in [0.3, 0.4) is 0 Å². The number of aliphatic carboxylic acids is 1. The number of carbonyl (C=O) groups is 1. The van der Waals surface area contributed by atoms with Gasteiger partial charge in [-0.05, 0) is 6.42 Å². The normalized spacial score (nSPS) is 12.6. The van der Waals surface area contributed by atoms with E-state index in [4.69, 9.17) is 5.11 Å². The van der Waals surface area contributed by atoms with Gasteiger partial charge in [0.15, 0.2) is 0 Å². The first kappa shape index (κ1) is 10.6. The first-order chi connectivity index (χ1) is 6.65. The van der Waals surface area contributed by atoms with Gasteiger partial charge < -0.3 is 10.1 Å². The zero-order valence-corrected chi connectivity index (χ0v) is 8.06. The van der Waals surface area contributed by atoms with Gasteiger partial charge in [0.05, 0.1) is 5.92 Å². The van der Waals surface area contributed by atoms with Gasteiger partial charge in [-0.3, -0.25) is 9.36 Å². The van der Waals surface area contributed by atoms with E-state index in [1.165, 1.54) is 10.8 Å². The second-order valence-corrected chi connectivity index (χ2v) is 3.24. The number of hydrogen-bond donors (Lipinski definition) is 2. The Morgan fingerprint density at radius 1 is 1.71 bits per heavy atom. The topological polar surface area (TPSA) is 75.1 Å². The Kier molecular flexibility index (Phi) is 3.50. The molecule has 0 amide bonds. The van der Waals surface area contributed by atoms with Crippen LogP contribution in [0.15, 0.2) is 17.2 Å². The molecule has 1 aromatic heterocycles. The lowest BCUT2D eigenvalue weighted by Crippen LogP contribution is -2.25. The van der Waals surface area contributed by atoms with Crippen LogP contribution in [-0.2, 0) is 11.3 Å². The Hall–Kier alpha value is -1.52. The number of carboxylic acid groups (broad SMARTS) is 1. The third-order valence-electron chi connectivity index (χ3n) is 2.13. The highest BCUT2D eigenvalue weighted by Crippen LogP contribution is 2.08. The first-order valence-corrected chi connectivity index (χ1v) is 4.61. The lowest BCUT2D eigenvalue weighted by Gasteiger charge is -2.10. The van der Waals surface area contributed by atoms with Gasteiger partial charge in [0, 0.05) is 18.9 Å². The number of nitrogens with one attached hydrogen (secondary N) is 1. The molecule has 1 unspecified atom stereocenters. The smallest absolute Gasteiger partial charge is 0.325 e. The number of H-pyrrole nitrogens is 1. The molecule has 0 aliphatic carbocycles. The molecular weight excluding hydrogens is 184 g/mol. The SMILES string of the molecule is CCCC(Cn1cc[nH]c1=O)C(=O)O. The van der Waals surface area contributed by atoms with E-state index >= 15 is 0 Å². The van der Waals surface area contributed by atoms with Crippen molar-refractivity contribution in [2.75, 3.05) is 0 Å². The molecule has 0 bridgehead atoms. The molecular formula is C9H14N2O3. The lowest BCUT2D eigenvalue weighted by atomic mass is 10.0. The molecule has 0 aliphatic rings. The summed E-state index contributed by atoms with van der Waals surface area (Å²) >= 11 is 0. The van der Waals surface area contributed by atoms with Crippen molar-refractivity contribution < 1.29 is 9.90 Å². The summed E-state index contributed by atoms with van der Waals surface area (Å²) in [7, 11) is 0. The van der Waals surface area contributed by atoms with Gasteiger partial charge in [-0.25, -0.2) is 4.79 Å². The van der Waals surface area contributed by atoms with Gasteiger partial charge in [-0.15, -0.1) is 0 Å². The van der Waals surface area contributed by atoms with Crippen molar-refractivity contribution in [2.45, 2.75) is 26.3 Å². The van der Waals surface area contributed by atoms with Crippen molar-refractivity contribution in [1.29, 1.82) is 0 Å². The van der Waals surface area contributed by atoms with Crippen molar-refractivity contribution in [2.24, 2.45) is 5.92 Å². The summed E-state index contributed by atoms with van der Waals surface area (Å²) in [5.74, 6) is -1.33. The Morgan fingerprint density at radius 3 is 2.86 bits per heavy atom. The number of imidazole rings is 1. The molecule has 0 aliphatic heterocycles. The predicted molar refractivity (Wildman–Crippen MR) is 51.1 cm³/mol. The number of aromatic nitrogens is 2. The molecule has 0 fully saturated rings. The summed E-state index contributed by atoms with van der Waals surface area (Å²) in [6.07, 6.45) is 4.46. The summed E-state index contributed by atoms with van der Waals surface area (Å²) < 4.78 is 1.38. The van der Waals surface area contributed by atoms with E-state index in [0.29, 0.717) is 6.42 Å². The predicted octanol–water partition coefficient (Wildman–Crippen LogP) is 0.677. The van der Waals surface area contributed by atoms with Gasteiger partial charge >= 0.3 is 11.7 Å². The second-order valence-electron chi connectivity index (χ2n) is 3.24. The van der Waals surface area contributed by atoms with E-state index in [-0.39, 0.29) is 12.2 Å². The maximum absolute atomic E-state index is 11.1. The largest absolute Gasteiger partial charge is 0.481 e. The Bertz CT molecular complexity index is 353. The highest BCUT2D eigenvalue weighted by Gasteiger charge is 2.17.